The zero-order valence-corrected chi connectivity index (χ0v) is 13.3. The molecule has 2 aromatic rings. The lowest BCUT2D eigenvalue weighted by Crippen LogP contribution is -2.22. The molecule has 0 aliphatic heterocycles. The summed E-state index contributed by atoms with van der Waals surface area (Å²) >= 11 is 0. The minimum Gasteiger partial charge on any atom is -0.491 e. The Kier molecular flexibility index (Phi) is 5.34. The average Bonchev–Trinajstić information content (AvgIpc) is 2.45. The largest absolute Gasteiger partial charge is 0.491 e. The molecule has 0 bridgehead atoms. The second-order valence-electron chi connectivity index (χ2n) is 5.46. The third kappa shape index (κ3) is 4.30. The molecule has 1 heterocycles. The van der Waals surface area contributed by atoms with Gasteiger partial charge in [0.25, 0.3) is 0 Å². The smallest absolute Gasteiger partial charge is 0.120 e. The van der Waals surface area contributed by atoms with E-state index in [2.05, 4.69) is 35.4 Å². The number of hydrogen-bond donors (Lipinski definition) is 1. The van der Waals surface area contributed by atoms with Crippen LogP contribution in [0.5, 0.6) is 5.75 Å². The van der Waals surface area contributed by atoms with Crippen molar-refractivity contribution in [2.45, 2.75) is 39.8 Å². The second kappa shape index (κ2) is 7.23. The Bertz CT molecular complexity index is 564. The van der Waals surface area contributed by atoms with E-state index in [1.54, 1.807) is 0 Å². The fraction of sp³-hybridized carbons (Fsp3) is 0.389. The molecule has 0 radical (unpaired) electrons. The predicted octanol–water partition coefficient (Wildman–Crippen LogP) is 3.88. The number of nitrogens with one attached hydrogen (secondary N) is 1. The van der Waals surface area contributed by atoms with Crippen molar-refractivity contribution in [3.05, 3.63) is 59.4 Å². The summed E-state index contributed by atoms with van der Waals surface area (Å²) in [6.07, 6.45) is 2.12. The first-order chi connectivity index (χ1) is 10.1. The minimum absolute atomic E-state index is 0.138. The van der Waals surface area contributed by atoms with Gasteiger partial charge < -0.3 is 10.1 Å². The SMILES string of the molecule is CCNC(c1ccc(C)nc1)c1cccc(OC(C)C)c1. The van der Waals surface area contributed by atoms with Gasteiger partial charge in [-0.2, -0.15) is 0 Å². The van der Waals surface area contributed by atoms with Crippen LogP contribution >= 0.6 is 0 Å². The van der Waals surface area contributed by atoms with Gasteiger partial charge in [0.1, 0.15) is 5.75 Å². The number of nitrogens with zero attached hydrogens (tertiary/aromatic N) is 1. The van der Waals surface area contributed by atoms with Crippen LogP contribution < -0.4 is 10.1 Å². The molecule has 3 heteroatoms. The first-order valence-corrected chi connectivity index (χ1v) is 7.52. The van der Waals surface area contributed by atoms with Gasteiger partial charge in [0.2, 0.25) is 0 Å². The molecule has 112 valence electrons. The normalized spacial score (nSPS) is 12.4. The lowest BCUT2D eigenvalue weighted by molar-refractivity contribution is 0.242. The minimum atomic E-state index is 0.138. The summed E-state index contributed by atoms with van der Waals surface area (Å²) in [7, 11) is 0. The summed E-state index contributed by atoms with van der Waals surface area (Å²) < 4.78 is 5.79. The van der Waals surface area contributed by atoms with Crippen molar-refractivity contribution in [3.63, 3.8) is 0 Å². The molecule has 1 unspecified atom stereocenters. The maximum atomic E-state index is 5.79. The molecule has 0 aliphatic carbocycles. The maximum Gasteiger partial charge on any atom is 0.120 e. The van der Waals surface area contributed by atoms with Crippen molar-refractivity contribution < 1.29 is 4.74 Å². The molecule has 0 aliphatic rings. The number of ether oxygens (including phenoxy) is 1. The molecule has 0 amide bonds. The molecule has 2 rings (SSSR count). The zero-order chi connectivity index (χ0) is 15.2. The van der Waals surface area contributed by atoms with Crippen molar-refractivity contribution >= 4 is 0 Å². The van der Waals surface area contributed by atoms with Crippen LogP contribution in [0.2, 0.25) is 0 Å². The first kappa shape index (κ1) is 15.5. The topological polar surface area (TPSA) is 34.2 Å². The zero-order valence-electron chi connectivity index (χ0n) is 13.3. The van der Waals surface area contributed by atoms with Crippen molar-refractivity contribution in [3.8, 4) is 5.75 Å². The van der Waals surface area contributed by atoms with E-state index in [0.717, 1.165) is 18.0 Å². The van der Waals surface area contributed by atoms with Gasteiger partial charge in [-0.25, -0.2) is 0 Å². The Balaban J connectivity index is 2.31. The van der Waals surface area contributed by atoms with Crippen LogP contribution in [0.3, 0.4) is 0 Å². The van der Waals surface area contributed by atoms with Gasteiger partial charge in [0, 0.05) is 11.9 Å². The predicted molar refractivity (Wildman–Crippen MR) is 86.7 cm³/mol. The second-order valence-corrected chi connectivity index (χ2v) is 5.46. The van der Waals surface area contributed by atoms with Crippen LogP contribution in [0.4, 0.5) is 0 Å². The van der Waals surface area contributed by atoms with Gasteiger partial charge in [0.05, 0.1) is 12.1 Å². The molecule has 1 aromatic heterocycles. The molecule has 21 heavy (non-hydrogen) atoms. The third-order valence-corrected chi connectivity index (χ3v) is 3.24. The molecule has 0 spiro atoms. The number of hydrogen-bond acceptors (Lipinski definition) is 3. The van der Waals surface area contributed by atoms with Crippen LogP contribution in [0, 0.1) is 6.92 Å². The quantitative estimate of drug-likeness (QED) is 0.874. The molecular formula is C18H24N2O. The van der Waals surface area contributed by atoms with Crippen LogP contribution in [0.15, 0.2) is 42.6 Å². The third-order valence-electron chi connectivity index (χ3n) is 3.24. The van der Waals surface area contributed by atoms with Gasteiger partial charge in [-0.15, -0.1) is 0 Å². The first-order valence-electron chi connectivity index (χ1n) is 7.52. The lowest BCUT2D eigenvalue weighted by atomic mass is 9.99. The van der Waals surface area contributed by atoms with E-state index in [1.807, 2.05) is 45.2 Å². The van der Waals surface area contributed by atoms with Crippen molar-refractivity contribution in [2.24, 2.45) is 0 Å². The summed E-state index contributed by atoms with van der Waals surface area (Å²) in [4.78, 5) is 4.41. The Hall–Kier alpha value is -1.87. The van der Waals surface area contributed by atoms with Crippen LogP contribution in [-0.4, -0.2) is 17.6 Å². The summed E-state index contributed by atoms with van der Waals surface area (Å²) in [6.45, 7) is 9.09. The van der Waals surface area contributed by atoms with E-state index in [4.69, 9.17) is 4.74 Å². The standard InChI is InChI=1S/C18H24N2O/c1-5-19-18(16-10-9-14(4)20-12-16)15-7-6-8-17(11-15)21-13(2)3/h6-13,18-19H,5H2,1-4H3. The van der Waals surface area contributed by atoms with Crippen molar-refractivity contribution in [2.75, 3.05) is 6.54 Å². The van der Waals surface area contributed by atoms with E-state index in [-0.39, 0.29) is 12.1 Å². The Morgan fingerprint density at radius 1 is 1.14 bits per heavy atom. The number of aryl methyl sites for hydroxylation is 1. The van der Waals surface area contributed by atoms with Gasteiger partial charge >= 0.3 is 0 Å². The number of benzene rings is 1. The van der Waals surface area contributed by atoms with Crippen molar-refractivity contribution in [1.29, 1.82) is 0 Å². The number of aromatic nitrogens is 1. The summed E-state index contributed by atoms with van der Waals surface area (Å²) in [5.74, 6) is 0.908. The van der Waals surface area contributed by atoms with Gasteiger partial charge in [0.15, 0.2) is 0 Å². The fourth-order valence-corrected chi connectivity index (χ4v) is 2.32. The van der Waals surface area contributed by atoms with Crippen LogP contribution in [-0.2, 0) is 0 Å². The monoisotopic (exact) mass is 284 g/mol. The van der Waals surface area contributed by atoms with E-state index in [9.17, 15) is 0 Å². The molecule has 0 saturated carbocycles. The van der Waals surface area contributed by atoms with Gasteiger partial charge in [-0.1, -0.05) is 25.1 Å². The molecule has 1 aromatic carbocycles. The highest BCUT2D eigenvalue weighted by Crippen LogP contribution is 2.25. The number of pyridine rings is 1. The average molecular weight is 284 g/mol. The van der Waals surface area contributed by atoms with Gasteiger partial charge in [-0.3, -0.25) is 4.98 Å². The summed E-state index contributed by atoms with van der Waals surface area (Å²) in [5, 5.41) is 3.52. The summed E-state index contributed by atoms with van der Waals surface area (Å²) in [6, 6.07) is 12.6. The van der Waals surface area contributed by atoms with E-state index >= 15 is 0 Å². The lowest BCUT2D eigenvalue weighted by Gasteiger charge is -2.20. The van der Waals surface area contributed by atoms with Crippen LogP contribution in [0.1, 0.15) is 43.6 Å². The van der Waals surface area contributed by atoms with E-state index < -0.39 is 0 Å². The molecule has 3 nitrogen and oxygen atoms in total. The molecule has 0 saturated heterocycles. The molecule has 0 fully saturated rings. The highest BCUT2D eigenvalue weighted by atomic mass is 16.5. The molecule has 1 N–H and O–H groups in total. The molecule has 1 atom stereocenters. The Morgan fingerprint density at radius 3 is 2.57 bits per heavy atom. The van der Waals surface area contributed by atoms with E-state index in [0.29, 0.717) is 0 Å². The summed E-state index contributed by atoms with van der Waals surface area (Å²) in [5.41, 5.74) is 3.40. The van der Waals surface area contributed by atoms with Crippen molar-refractivity contribution in [1.82, 2.24) is 10.3 Å². The van der Waals surface area contributed by atoms with Crippen LogP contribution in [0.25, 0.3) is 0 Å². The maximum absolute atomic E-state index is 5.79. The van der Waals surface area contributed by atoms with E-state index in [1.165, 1.54) is 11.1 Å². The Labute approximate surface area is 127 Å². The molecular weight excluding hydrogens is 260 g/mol. The highest BCUT2D eigenvalue weighted by molar-refractivity contribution is 5.36. The number of rotatable bonds is 6. The highest BCUT2D eigenvalue weighted by Gasteiger charge is 2.14. The fourth-order valence-electron chi connectivity index (χ4n) is 2.32. The Morgan fingerprint density at radius 2 is 1.95 bits per heavy atom. The van der Waals surface area contributed by atoms with Gasteiger partial charge in [-0.05, 0) is 56.6 Å².